The first-order valence-electron chi connectivity index (χ1n) is 8.29. The molecule has 0 amide bonds. The van der Waals surface area contributed by atoms with E-state index in [2.05, 4.69) is 57.3 Å². The third-order valence-electron chi connectivity index (χ3n) is 4.87. The van der Waals surface area contributed by atoms with E-state index >= 15 is 0 Å². The summed E-state index contributed by atoms with van der Waals surface area (Å²) in [6.45, 7) is 8.95. The molecule has 21 heavy (non-hydrogen) atoms. The highest BCUT2D eigenvalue weighted by Crippen LogP contribution is 2.34. The minimum atomic E-state index is 0.567. The number of fused-ring (bicyclic) bond motifs is 1. The van der Waals surface area contributed by atoms with Crippen molar-refractivity contribution in [3.63, 3.8) is 0 Å². The summed E-state index contributed by atoms with van der Waals surface area (Å²) in [5.74, 6) is 0.567. The third-order valence-corrected chi connectivity index (χ3v) is 4.87. The van der Waals surface area contributed by atoms with Gasteiger partial charge >= 0.3 is 0 Å². The highest BCUT2D eigenvalue weighted by Gasteiger charge is 2.18. The molecule has 114 valence electrons. The highest BCUT2D eigenvalue weighted by molar-refractivity contribution is 5.80. The van der Waals surface area contributed by atoms with Gasteiger partial charge in [-0.1, -0.05) is 38.1 Å². The van der Waals surface area contributed by atoms with E-state index in [0.717, 1.165) is 6.42 Å². The zero-order valence-electron chi connectivity index (χ0n) is 14.2. The number of rotatable bonds is 5. The van der Waals surface area contributed by atoms with Crippen LogP contribution in [-0.4, -0.2) is 7.05 Å². The summed E-state index contributed by atoms with van der Waals surface area (Å²) in [6, 6.07) is 7.07. The summed E-state index contributed by atoms with van der Waals surface area (Å²) >= 11 is 0. The molecule has 0 fully saturated rings. The molecule has 0 saturated heterocycles. The molecule has 1 atom stereocenters. The van der Waals surface area contributed by atoms with Crippen molar-refractivity contribution in [2.24, 2.45) is 5.92 Å². The Kier molecular flexibility index (Phi) is 5.27. The van der Waals surface area contributed by atoms with Crippen LogP contribution in [0.1, 0.15) is 57.2 Å². The Bertz CT molecular complexity index is 563. The van der Waals surface area contributed by atoms with Gasteiger partial charge in [0.15, 0.2) is 0 Å². The molecule has 0 aliphatic heterocycles. The zero-order valence-corrected chi connectivity index (χ0v) is 14.2. The number of nitrogens with one attached hydrogen (secondary N) is 1. The summed E-state index contributed by atoms with van der Waals surface area (Å²) in [7, 11) is 2.02. The zero-order chi connectivity index (χ0) is 15.4. The first-order valence-corrected chi connectivity index (χ1v) is 8.29. The second-order valence-corrected chi connectivity index (χ2v) is 6.14. The van der Waals surface area contributed by atoms with E-state index in [9.17, 15) is 0 Å². The molecule has 0 radical (unpaired) electrons. The van der Waals surface area contributed by atoms with Crippen LogP contribution in [-0.2, 0) is 12.8 Å². The van der Waals surface area contributed by atoms with E-state index in [0.29, 0.717) is 5.92 Å². The van der Waals surface area contributed by atoms with Gasteiger partial charge in [-0.05, 0) is 73.3 Å². The van der Waals surface area contributed by atoms with Crippen LogP contribution in [0.2, 0.25) is 0 Å². The Morgan fingerprint density at radius 3 is 2.62 bits per heavy atom. The second-order valence-electron chi connectivity index (χ2n) is 6.14. The average molecular weight is 283 g/mol. The molecule has 1 aromatic rings. The largest absolute Gasteiger partial charge is 0.391 e. The van der Waals surface area contributed by atoms with Crippen LogP contribution >= 0.6 is 0 Å². The van der Waals surface area contributed by atoms with Crippen LogP contribution in [0.25, 0.3) is 5.57 Å². The Hall–Kier alpha value is -1.50. The number of hydrogen-bond donors (Lipinski definition) is 1. The fourth-order valence-electron chi connectivity index (χ4n) is 3.39. The summed E-state index contributed by atoms with van der Waals surface area (Å²) in [4.78, 5) is 0. The molecule has 1 aliphatic carbocycles. The Morgan fingerprint density at radius 1 is 1.29 bits per heavy atom. The minimum absolute atomic E-state index is 0.567. The molecule has 0 spiro atoms. The van der Waals surface area contributed by atoms with Crippen LogP contribution < -0.4 is 5.32 Å². The molecule has 1 heteroatoms. The lowest BCUT2D eigenvalue weighted by Crippen LogP contribution is -2.12. The van der Waals surface area contributed by atoms with Gasteiger partial charge in [-0.2, -0.15) is 0 Å². The van der Waals surface area contributed by atoms with E-state index < -0.39 is 0 Å². The maximum absolute atomic E-state index is 3.36. The van der Waals surface area contributed by atoms with Crippen molar-refractivity contribution in [3.05, 3.63) is 52.2 Å². The van der Waals surface area contributed by atoms with Gasteiger partial charge in [0.05, 0.1) is 0 Å². The summed E-state index contributed by atoms with van der Waals surface area (Å²) < 4.78 is 0. The lowest BCUT2D eigenvalue weighted by Gasteiger charge is -2.22. The average Bonchev–Trinajstić information content (AvgIpc) is 2.98. The maximum Gasteiger partial charge on any atom is 0.0114 e. The van der Waals surface area contributed by atoms with Gasteiger partial charge < -0.3 is 5.32 Å². The fourth-order valence-corrected chi connectivity index (χ4v) is 3.39. The van der Waals surface area contributed by atoms with Gasteiger partial charge in [-0.15, -0.1) is 0 Å². The van der Waals surface area contributed by atoms with Gasteiger partial charge in [-0.25, -0.2) is 0 Å². The van der Waals surface area contributed by atoms with E-state index in [1.807, 2.05) is 7.05 Å². The van der Waals surface area contributed by atoms with Crippen molar-refractivity contribution in [1.82, 2.24) is 5.32 Å². The molecule has 1 nitrogen and oxygen atoms in total. The molecule has 0 heterocycles. The molecule has 0 aromatic heterocycles. The number of hydrogen-bond acceptors (Lipinski definition) is 1. The number of aryl methyl sites for hydroxylation is 2. The monoisotopic (exact) mass is 283 g/mol. The molecular formula is C20H29N. The summed E-state index contributed by atoms with van der Waals surface area (Å²) in [6.07, 6.45) is 7.25. The van der Waals surface area contributed by atoms with Crippen LogP contribution in [0, 0.1) is 5.92 Å². The minimum Gasteiger partial charge on any atom is -0.391 e. The van der Waals surface area contributed by atoms with Gasteiger partial charge in [0.1, 0.15) is 0 Å². The topological polar surface area (TPSA) is 12.0 Å². The van der Waals surface area contributed by atoms with Crippen molar-refractivity contribution in [2.75, 3.05) is 7.05 Å². The van der Waals surface area contributed by atoms with Crippen molar-refractivity contribution in [2.45, 2.75) is 53.4 Å². The Morgan fingerprint density at radius 2 is 2.00 bits per heavy atom. The van der Waals surface area contributed by atoms with E-state index in [-0.39, 0.29) is 0 Å². The smallest absolute Gasteiger partial charge is 0.0114 e. The predicted octanol–water partition coefficient (Wildman–Crippen LogP) is 5.12. The van der Waals surface area contributed by atoms with E-state index in [1.165, 1.54) is 41.7 Å². The highest BCUT2D eigenvalue weighted by atomic mass is 14.8. The molecule has 0 bridgehead atoms. The summed E-state index contributed by atoms with van der Waals surface area (Å²) in [5, 5.41) is 3.36. The second kappa shape index (κ2) is 6.98. The summed E-state index contributed by atoms with van der Waals surface area (Å²) in [5.41, 5.74) is 8.62. The maximum atomic E-state index is 3.36. The van der Waals surface area contributed by atoms with E-state index in [1.54, 1.807) is 11.1 Å². The van der Waals surface area contributed by atoms with Crippen molar-refractivity contribution < 1.29 is 0 Å². The van der Waals surface area contributed by atoms with Crippen molar-refractivity contribution in [3.8, 4) is 0 Å². The fraction of sp³-hybridized carbons (Fsp3) is 0.500. The molecule has 1 unspecified atom stereocenters. The molecule has 1 aliphatic rings. The SMILES string of the molecule is C/C=C(\C(=C(/C)NC)C(C)CC)c1ccc2c(c1)CCC2. The quantitative estimate of drug-likeness (QED) is 0.740. The lowest BCUT2D eigenvalue weighted by atomic mass is 9.85. The third kappa shape index (κ3) is 3.23. The van der Waals surface area contributed by atoms with Crippen LogP contribution in [0.15, 0.2) is 35.5 Å². The van der Waals surface area contributed by atoms with Gasteiger partial charge in [0, 0.05) is 12.7 Å². The number of benzene rings is 1. The normalized spacial score (nSPS) is 17.3. The van der Waals surface area contributed by atoms with Crippen LogP contribution in [0.4, 0.5) is 0 Å². The molecule has 1 N–H and O–H groups in total. The Balaban J connectivity index is 2.47. The Labute approximate surface area is 130 Å². The first-order chi connectivity index (χ1) is 10.1. The van der Waals surface area contributed by atoms with E-state index in [4.69, 9.17) is 0 Å². The van der Waals surface area contributed by atoms with Gasteiger partial charge in [0.2, 0.25) is 0 Å². The number of allylic oxidation sites excluding steroid dienone is 4. The molecule has 0 saturated carbocycles. The predicted molar refractivity (Wildman–Crippen MR) is 93.3 cm³/mol. The van der Waals surface area contributed by atoms with Gasteiger partial charge in [-0.3, -0.25) is 0 Å². The standard InChI is InChI=1S/C20H29N/c1-6-14(3)20(15(4)21-5)19(7-2)18-12-11-16-9-8-10-17(16)13-18/h7,11-14,21H,6,8-10H2,1-5H3/b19-7-,20-15+. The first kappa shape index (κ1) is 15.9. The van der Waals surface area contributed by atoms with Crippen molar-refractivity contribution in [1.29, 1.82) is 0 Å². The van der Waals surface area contributed by atoms with Gasteiger partial charge in [0.25, 0.3) is 0 Å². The lowest BCUT2D eigenvalue weighted by molar-refractivity contribution is 0.659. The van der Waals surface area contributed by atoms with Crippen LogP contribution in [0.3, 0.4) is 0 Å². The van der Waals surface area contributed by atoms with Crippen molar-refractivity contribution >= 4 is 5.57 Å². The molecular weight excluding hydrogens is 254 g/mol. The molecule has 2 rings (SSSR count). The van der Waals surface area contributed by atoms with Crippen LogP contribution in [0.5, 0.6) is 0 Å². The molecule has 1 aromatic carbocycles.